The second-order valence-electron chi connectivity index (χ2n) is 14.4. The first-order chi connectivity index (χ1) is 27.8. The molecule has 8 aromatic carbocycles. The Morgan fingerprint density at radius 1 is 0.321 bits per heavy atom. The first kappa shape index (κ1) is 30.8. The van der Waals surface area contributed by atoms with Gasteiger partial charge in [0.1, 0.15) is 0 Å². The van der Waals surface area contributed by atoms with Crippen molar-refractivity contribution >= 4 is 59.9 Å². The monoisotopic (exact) mass is 713 g/mol. The van der Waals surface area contributed by atoms with E-state index in [9.17, 15) is 0 Å². The van der Waals surface area contributed by atoms with Gasteiger partial charge in [0.05, 0.1) is 27.6 Å². The number of benzene rings is 8. The van der Waals surface area contributed by atoms with Gasteiger partial charge >= 0.3 is 0 Å². The molecule has 0 aliphatic heterocycles. The minimum absolute atomic E-state index is 0.631. The van der Waals surface area contributed by atoms with Crippen molar-refractivity contribution in [3.8, 4) is 51.0 Å². The number of hydrogen-bond acceptors (Lipinski definition) is 3. The zero-order valence-corrected chi connectivity index (χ0v) is 30.1. The average molecular weight is 714 g/mol. The van der Waals surface area contributed by atoms with Gasteiger partial charge in [-0.15, -0.1) is 0 Å². The molecule has 56 heavy (non-hydrogen) atoms. The largest absolute Gasteiger partial charge is 0.309 e. The molecule has 12 aromatic rings. The summed E-state index contributed by atoms with van der Waals surface area (Å²) >= 11 is 0. The molecule has 260 valence electrons. The molecule has 5 heteroatoms. The molecule has 0 bridgehead atoms. The van der Waals surface area contributed by atoms with Crippen molar-refractivity contribution in [2.45, 2.75) is 0 Å². The molecule has 0 spiro atoms. The molecular weight excluding hydrogens is 683 g/mol. The van der Waals surface area contributed by atoms with E-state index in [1.807, 2.05) is 60.7 Å². The van der Waals surface area contributed by atoms with Gasteiger partial charge in [0.2, 0.25) is 0 Å². The van der Waals surface area contributed by atoms with Crippen LogP contribution in [-0.4, -0.2) is 23.9 Å². The molecule has 12 rings (SSSR count). The molecule has 0 aliphatic carbocycles. The van der Waals surface area contributed by atoms with E-state index in [0.29, 0.717) is 17.5 Å². The molecule has 0 fully saturated rings. The number of rotatable bonds is 5. The minimum atomic E-state index is 0.631. The van der Waals surface area contributed by atoms with E-state index < -0.39 is 0 Å². The standard InChI is InChI=1S/C51H31N5/c1-3-15-32(16-4-1)49-52-50(33-17-5-2-6-18-33)54-51(53-49)34-19-13-20-36(29-34)55-45-27-12-9-23-40(45)47-37(24-14-28-46(47)55)35-30-41-38-21-7-10-25-43(38)56-44-26-11-8-22-39(44)42(31-35)48(41)56/h1-31H. The smallest absolute Gasteiger partial charge is 0.164 e. The van der Waals surface area contributed by atoms with Crippen molar-refractivity contribution in [3.63, 3.8) is 0 Å². The Balaban J connectivity index is 1.08. The number of aromatic nitrogens is 5. The fourth-order valence-electron chi connectivity index (χ4n) is 8.86. The summed E-state index contributed by atoms with van der Waals surface area (Å²) in [4.78, 5) is 15.0. The summed E-state index contributed by atoms with van der Waals surface area (Å²) in [6, 6.07) is 66.7. The van der Waals surface area contributed by atoms with E-state index in [1.165, 1.54) is 60.0 Å². The maximum atomic E-state index is 5.05. The SMILES string of the molecule is c1ccc(-c2nc(-c3ccccc3)nc(-c3cccc(-n4c5ccccc5c5c(-c6cc7c8ccccc8n8c9ccccc9c(c6)c78)cccc54)c3)n2)cc1. The van der Waals surface area contributed by atoms with Crippen LogP contribution < -0.4 is 0 Å². The molecule has 0 atom stereocenters. The lowest BCUT2D eigenvalue weighted by molar-refractivity contribution is 1.07. The summed E-state index contributed by atoms with van der Waals surface area (Å²) in [6.07, 6.45) is 0. The van der Waals surface area contributed by atoms with E-state index in [0.717, 1.165) is 33.4 Å². The Hall–Kier alpha value is -7.63. The second-order valence-corrected chi connectivity index (χ2v) is 14.4. The Bertz CT molecular complexity index is 3330. The topological polar surface area (TPSA) is 48.0 Å². The fraction of sp³-hybridized carbons (Fsp3) is 0. The van der Waals surface area contributed by atoms with Crippen LogP contribution in [0.3, 0.4) is 0 Å². The zero-order chi connectivity index (χ0) is 36.7. The predicted octanol–water partition coefficient (Wildman–Crippen LogP) is 12.8. The number of para-hydroxylation sites is 3. The average Bonchev–Trinajstić information content (AvgIpc) is 3.92. The van der Waals surface area contributed by atoms with E-state index in [-0.39, 0.29) is 0 Å². The van der Waals surface area contributed by atoms with Gasteiger partial charge in [-0.2, -0.15) is 0 Å². The van der Waals surface area contributed by atoms with Crippen molar-refractivity contribution in [3.05, 3.63) is 188 Å². The van der Waals surface area contributed by atoms with E-state index in [1.54, 1.807) is 0 Å². The normalized spacial score (nSPS) is 11.9. The first-order valence-electron chi connectivity index (χ1n) is 19.0. The van der Waals surface area contributed by atoms with Crippen LogP contribution in [0, 0.1) is 0 Å². The summed E-state index contributed by atoms with van der Waals surface area (Å²) in [6.45, 7) is 0. The third-order valence-corrected chi connectivity index (χ3v) is 11.3. The molecular formula is C51H31N5. The highest BCUT2D eigenvalue weighted by molar-refractivity contribution is 6.25. The molecule has 0 amide bonds. The molecule has 4 aromatic heterocycles. The Morgan fingerprint density at radius 2 is 0.804 bits per heavy atom. The molecule has 0 unspecified atom stereocenters. The first-order valence-corrected chi connectivity index (χ1v) is 19.0. The maximum Gasteiger partial charge on any atom is 0.164 e. The quantitative estimate of drug-likeness (QED) is 0.178. The summed E-state index contributed by atoms with van der Waals surface area (Å²) in [7, 11) is 0. The van der Waals surface area contributed by atoms with Gasteiger partial charge in [0, 0.05) is 54.7 Å². The van der Waals surface area contributed by atoms with Crippen LogP contribution >= 0.6 is 0 Å². The summed E-state index contributed by atoms with van der Waals surface area (Å²) in [5.41, 5.74) is 12.3. The van der Waals surface area contributed by atoms with Crippen LogP contribution in [-0.2, 0) is 0 Å². The lowest BCUT2D eigenvalue weighted by Crippen LogP contribution is -2.01. The second kappa shape index (κ2) is 11.9. The van der Waals surface area contributed by atoms with Gasteiger partial charge in [-0.1, -0.05) is 140 Å². The van der Waals surface area contributed by atoms with E-state index >= 15 is 0 Å². The van der Waals surface area contributed by atoms with Crippen LogP contribution in [0.4, 0.5) is 0 Å². The molecule has 0 saturated carbocycles. The third-order valence-electron chi connectivity index (χ3n) is 11.3. The molecule has 0 radical (unpaired) electrons. The van der Waals surface area contributed by atoms with Gasteiger partial charge in [-0.3, -0.25) is 0 Å². The maximum absolute atomic E-state index is 5.05. The Labute approximate surface area is 321 Å². The van der Waals surface area contributed by atoms with Crippen molar-refractivity contribution < 1.29 is 0 Å². The molecule has 0 aliphatic rings. The minimum Gasteiger partial charge on any atom is -0.309 e. The number of nitrogens with zero attached hydrogens (tertiary/aromatic N) is 5. The lowest BCUT2D eigenvalue weighted by Gasteiger charge is -2.12. The highest BCUT2D eigenvalue weighted by atomic mass is 15.0. The molecule has 0 N–H and O–H groups in total. The predicted molar refractivity (Wildman–Crippen MR) is 231 cm³/mol. The van der Waals surface area contributed by atoms with Gasteiger partial charge in [0.25, 0.3) is 0 Å². The van der Waals surface area contributed by atoms with Crippen molar-refractivity contribution in [2.24, 2.45) is 0 Å². The van der Waals surface area contributed by atoms with Gasteiger partial charge < -0.3 is 8.97 Å². The molecule has 0 saturated heterocycles. The van der Waals surface area contributed by atoms with Crippen molar-refractivity contribution in [1.82, 2.24) is 23.9 Å². The van der Waals surface area contributed by atoms with Crippen LogP contribution in [0.1, 0.15) is 0 Å². The van der Waals surface area contributed by atoms with Gasteiger partial charge in [-0.25, -0.2) is 15.0 Å². The van der Waals surface area contributed by atoms with Crippen LogP contribution in [0.25, 0.3) is 111 Å². The van der Waals surface area contributed by atoms with Crippen LogP contribution in [0.2, 0.25) is 0 Å². The van der Waals surface area contributed by atoms with Crippen molar-refractivity contribution in [1.29, 1.82) is 0 Å². The van der Waals surface area contributed by atoms with Crippen LogP contribution in [0.15, 0.2) is 188 Å². The van der Waals surface area contributed by atoms with E-state index in [2.05, 4.69) is 136 Å². The summed E-state index contributed by atoms with van der Waals surface area (Å²) in [5.74, 6) is 1.92. The highest BCUT2D eigenvalue weighted by Crippen LogP contribution is 2.44. The molecule has 4 heterocycles. The Kier molecular flexibility index (Phi) is 6.56. The van der Waals surface area contributed by atoms with Gasteiger partial charge in [-0.05, 0) is 59.7 Å². The summed E-state index contributed by atoms with van der Waals surface area (Å²) in [5, 5.41) is 7.54. The summed E-state index contributed by atoms with van der Waals surface area (Å²) < 4.78 is 4.82. The fourth-order valence-corrected chi connectivity index (χ4v) is 8.86. The van der Waals surface area contributed by atoms with Crippen LogP contribution in [0.5, 0.6) is 0 Å². The van der Waals surface area contributed by atoms with Crippen molar-refractivity contribution in [2.75, 3.05) is 0 Å². The number of fused-ring (bicyclic) bond motifs is 9. The lowest BCUT2D eigenvalue weighted by atomic mass is 9.96. The zero-order valence-electron chi connectivity index (χ0n) is 30.1. The highest BCUT2D eigenvalue weighted by Gasteiger charge is 2.21. The third kappa shape index (κ3) is 4.52. The van der Waals surface area contributed by atoms with Gasteiger partial charge in [0.15, 0.2) is 17.5 Å². The number of hydrogen-bond donors (Lipinski definition) is 0. The Morgan fingerprint density at radius 3 is 1.43 bits per heavy atom. The van der Waals surface area contributed by atoms with E-state index in [4.69, 9.17) is 15.0 Å². The molecule has 5 nitrogen and oxygen atoms in total.